The molecule has 1 N–H and O–H groups in total. The van der Waals surface area contributed by atoms with Gasteiger partial charge in [0.15, 0.2) is 0 Å². The molecule has 0 heterocycles. The van der Waals surface area contributed by atoms with Gasteiger partial charge in [-0.05, 0) is 36.6 Å². The molecule has 0 unspecified atom stereocenters. The first-order chi connectivity index (χ1) is 10.1. The van der Waals surface area contributed by atoms with E-state index in [0.29, 0.717) is 5.92 Å². The van der Waals surface area contributed by atoms with Crippen molar-refractivity contribution < 1.29 is 0 Å². The van der Waals surface area contributed by atoms with Crippen molar-refractivity contribution in [3.8, 4) is 0 Å². The summed E-state index contributed by atoms with van der Waals surface area (Å²) >= 11 is 1.93. The number of aryl methyl sites for hydroxylation is 1. The third-order valence-corrected chi connectivity index (χ3v) is 4.50. The molecule has 21 heavy (non-hydrogen) atoms. The predicted molar refractivity (Wildman–Crippen MR) is 93.7 cm³/mol. The fourth-order valence-electron chi connectivity index (χ4n) is 2.25. The van der Waals surface area contributed by atoms with Gasteiger partial charge >= 0.3 is 0 Å². The monoisotopic (exact) mass is 299 g/mol. The number of hydrogen-bond donors (Lipinski definition) is 1. The Morgan fingerprint density at radius 1 is 1.05 bits per heavy atom. The number of thioether (sulfide) groups is 1. The quantitative estimate of drug-likeness (QED) is 0.719. The maximum atomic E-state index is 3.54. The van der Waals surface area contributed by atoms with E-state index >= 15 is 0 Å². The lowest BCUT2D eigenvalue weighted by Crippen LogP contribution is -2.19. The van der Waals surface area contributed by atoms with Gasteiger partial charge in [0.05, 0.1) is 0 Å². The Balaban J connectivity index is 1.96. The maximum absolute atomic E-state index is 3.54. The number of benzene rings is 2. The molecule has 0 aliphatic carbocycles. The van der Waals surface area contributed by atoms with Crippen LogP contribution in [0.5, 0.6) is 0 Å². The minimum atomic E-state index is 0.692. The average Bonchev–Trinajstić information content (AvgIpc) is 2.46. The Hall–Kier alpha value is -1.25. The van der Waals surface area contributed by atoms with Crippen LogP contribution in [0.25, 0.3) is 0 Å². The summed E-state index contributed by atoms with van der Waals surface area (Å²) in [7, 11) is 0. The van der Waals surface area contributed by atoms with Crippen molar-refractivity contribution in [2.75, 3.05) is 6.54 Å². The fraction of sp³-hybridized carbons (Fsp3) is 0.368. The van der Waals surface area contributed by atoms with Gasteiger partial charge in [-0.3, -0.25) is 0 Å². The lowest BCUT2D eigenvalue weighted by atomic mass is 10.2. The summed E-state index contributed by atoms with van der Waals surface area (Å²) in [4.78, 5) is 1.38. The molecule has 0 radical (unpaired) electrons. The molecular formula is C19H25NS. The smallest absolute Gasteiger partial charge is 0.0232 e. The molecule has 2 aromatic rings. The highest BCUT2D eigenvalue weighted by Crippen LogP contribution is 2.26. The minimum absolute atomic E-state index is 0.692. The summed E-state index contributed by atoms with van der Waals surface area (Å²) in [5.41, 5.74) is 4.13. The zero-order chi connectivity index (χ0) is 15.1. The van der Waals surface area contributed by atoms with Gasteiger partial charge in [0.1, 0.15) is 0 Å². The van der Waals surface area contributed by atoms with E-state index in [1.54, 1.807) is 0 Å². The maximum Gasteiger partial charge on any atom is 0.0232 e. The molecule has 0 atom stereocenters. The zero-order valence-electron chi connectivity index (χ0n) is 13.2. The molecule has 112 valence electrons. The van der Waals surface area contributed by atoms with Gasteiger partial charge in [-0.1, -0.05) is 61.9 Å². The Labute approximate surface area is 133 Å². The molecule has 0 amide bonds. The van der Waals surface area contributed by atoms with E-state index in [0.717, 1.165) is 18.8 Å². The summed E-state index contributed by atoms with van der Waals surface area (Å²) in [6.07, 6.45) is 0. The van der Waals surface area contributed by atoms with E-state index in [1.165, 1.54) is 21.6 Å². The summed E-state index contributed by atoms with van der Waals surface area (Å²) < 4.78 is 0. The standard InChI is InChI=1S/C19H25NS/c1-15(2)12-20-13-18-9-4-5-10-19(18)21-14-17-8-6-7-16(3)11-17/h4-11,15,20H,12-14H2,1-3H3. The second-order valence-electron chi connectivity index (χ2n) is 5.91. The third-order valence-electron chi connectivity index (χ3n) is 3.32. The molecule has 0 bridgehead atoms. The summed E-state index contributed by atoms with van der Waals surface area (Å²) in [6.45, 7) is 8.65. The van der Waals surface area contributed by atoms with Crippen LogP contribution in [-0.2, 0) is 12.3 Å². The van der Waals surface area contributed by atoms with E-state index in [9.17, 15) is 0 Å². The lowest BCUT2D eigenvalue weighted by molar-refractivity contribution is 0.550. The van der Waals surface area contributed by atoms with Crippen molar-refractivity contribution >= 4 is 11.8 Å². The number of hydrogen-bond acceptors (Lipinski definition) is 2. The van der Waals surface area contributed by atoms with Gasteiger partial charge in [0.2, 0.25) is 0 Å². The summed E-state index contributed by atoms with van der Waals surface area (Å²) in [5, 5.41) is 3.54. The Kier molecular flexibility index (Phi) is 6.34. The molecule has 0 aliphatic rings. The second-order valence-corrected chi connectivity index (χ2v) is 6.93. The molecule has 2 rings (SSSR count). The highest BCUT2D eigenvalue weighted by Gasteiger charge is 2.03. The van der Waals surface area contributed by atoms with Crippen LogP contribution in [0.15, 0.2) is 53.4 Å². The van der Waals surface area contributed by atoms with E-state index in [1.807, 2.05) is 11.8 Å². The van der Waals surface area contributed by atoms with Crippen LogP contribution < -0.4 is 5.32 Å². The third kappa shape index (κ3) is 5.56. The van der Waals surface area contributed by atoms with Crippen LogP contribution in [0.3, 0.4) is 0 Å². The van der Waals surface area contributed by atoms with Crippen molar-refractivity contribution in [3.05, 3.63) is 65.2 Å². The van der Waals surface area contributed by atoms with E-state index in [-0.39, 0.29) is 0 Å². The van der Waals surface area contributed by atoms with Gasteiger partial charge in [-0.15, -0.1) is 11.8 Å². The molecule has 0 saturated heterocycles. The first-order valence-corrected chi connectivity index (χ1v) is 8.60. The van der Waals surface area contributed by atoms with Crippen LogP contribution in [-0.4, -0.2) is 6.54 Å². The SMILES string of the molecule is Cc1cccc(CSc2ccccc2CNCC(C)C)c1. The van der Waals surface area contributed by atoms with Gasteiger partial charge in [0.25, 0.3) is 0 Å². The molecule has 0 saturated carbocycles. The molecule has 0 aromatic heterocycles. The number of nitrogens with one attached hydrogen (secondary N) is 1. The molecule has 2 heteroatoms. The van der Waals surface area contributed by atoms with Crippen LogP contribution >= 0.6 is 11.8 Å². The van der Waals surface area contributed by atoms with Crippen LogP contribution in [0.4, 0.5) is 0 Å². The van der Waals surface area contributed by atoms with Crippen molar-refractivity contribution in [1.82, 2.24) is 5.32 Å². The van der Waals surface area contributed by atoms with Crippen LogP contribution in [0.1, 0.15) is 30.5 Å². The van der Waals surface area contributed by atoms with Crippen LogP contribution in [0, 0.1) is 12.8 Å². The largest absolute Gasteiger partial charge is 0.312 e. The normalized spacial score (nSPS) is 11.0. The summed E-state index contributed by atoms with van der Waals surface area (Å²) in [5.74, 6) is 1.72. The molecular weight excluding hydrogens is 274 g/mol. The highest BCUT2D eigenvalue weighted by molar-refractivity contribution is 7.98. The Morgan fingerprint density at radius 2 is 1.86 bits per heavy atom. The lowest BCUT2D eigenvalue weighted by Gasteiger charge is -2.12. The fourth-order valence-corrected chi connectivity index (χ4v) is 3.25. The molecule has 0 fully saturated rings. The highest BCUT2D eigenvalue weighted by atomic mass is 32.2. The first-order valence-electron chi connectivity index (χ1n) is 7.62. The van der Waals surface area contributed by atoms with Crippen molar-refractivity contribution in [3.63, 3.8) is 0 Å². The Morgan fingerprint density at radius 3 is 2.62 bits per heavy atom. The zero-order valence-corrected chi connectivity index (χ0v) is 14.0. The molecule has 1 nitrogen and oxygen atoms in total. The number of rotatable bonds is 7. The van der Waals surface area contributed by atoms with Crippen molar-refractivity contribution in [1.29, 1.82) is 0 Å². The average molecular weight is 299 g/mol. The van der Waals surface area contributed by atoms with E-state index in [2.05, 4.69) is 74.6 Å². The topological polar surface area (TPSA) is 12.0 Å². The van der Waals surface area contributed by atoms with Crippen molar-refractivity contribution in [2.45, 2.75) is 38.0 Å². The van der Waals surface area contributed by atoms with Gasteiger partial charge in [-0.25, -0.2) is 0 Å². The second kappa shape index (κ2) is 8.26. The van der Waals surface area contributed by atoms with Gasteiger partial charge in [-0.2, -0.15) is 0 Å². The van der Waals surface area contributed by atoms with E-state index < -0.39 is 0 Å². The van der Waals surface area contributed by atoms with Gasteiger partial charge < -0.3 is 5.32 Å². The molecule has 0 spiro atoms. The molecule has 0 aliphatic heterocycles. The molecule has 2 aromatic carbocycles. The first kappa shape index (κ1) is 16.1. The Bertz CT molecular complexity index is 563. The van der Waals surface area contributed by atoms with E-state index in [4.69, 9.17) is 0 Å². The minimum Gasteiger partial charge on any atom is -0.312 e. The predicted octanol–water partition coefficient (Wildman–Crippen LogP) is 5.03. The van der Waals surface area contributed by atoms with Crippen LogP contribution in [0.2, 0.25) is 0 Å². The van der Waals surface area contributed by atoms with Crippen molar-refractivity contribution in [2.24, 2.45) is 5.92 Å². The van der Waals surface area contributed by atoms with Gasteiger partial charge in [0, 0.05) is 17.2 Å². The summed E-state index contributed by atoms with van der Waals surface area (Å²) in [6, 6.07) is 17.5.